The largest absolute Gasteiger partial charge is 0.416 e. The molecule has 1 aromatic heterocycles. The van der Waals surface area contributed by atoms with Crippen LogP contribution in [0, 0.1) is 5.92 Å². The minimum absolute atomic E-state index is 0.193. The number of aromatic nitrogens is 1. The van der Waals surface area contributed by atoms with E-state index in [1.54, 1.807) is 11.1 Å². The molecule has 1 fully saturated rings. The number of carbonyl (C=O) groups is 1. The van der Waals surface area contributed by atoms with Crippen molar-refractivity contribution in [1.82, 2.24) is 15.2 Å². The summed E-state index contributed by atoms with van der Waals surface area (Å²) in [5.41, 5.74) is 0.707. The Kier molecular flexibility index (Phi) is 7.28. The lowest BCUT2D eigenvalue weighted by Gasteiger charge is -2.33. The Balaban J connectivity index is 1.51. The summed E-state index contributed by atoms with van der Waals surface area (Å²) in [6.45, 7) is 1.22. The zero-order valence-electron chi connectivity index (χ0n) is 16.3. The van der Waals surface area contributed by atoms with E-state index in [2.05, 4.69) is 10.3 Å². The summed E-state index contributed by atoms with van der Waals surface area (Å²) in [6, 6.07) is 10.1. The Morgan fingerprint density at radius 1 is 1.27 bits per heavy atom. The van der Waals surface area contributed by atoms with E-state index in [0.29, 0.717) is 31.7 Å². The highest BCUT2D eigenvalue weighted by molar-refractivity contribution is 5.74. The molecule has 1 aromatic carbocycles. The first-order valence-electron chi connectivity index (χ1n) is 9.69. The zero-order chi connectivity index (χ0) is 21.6. The minimum Gasteiger partial charge on any atom is -0.396 e. The second-order valence-corrected chi connectivity index (χ2v) is 7.19. The zero-order valence-corrected chi connectivity index (χ0v) is 16.3. The summed E-state index contributed by atoms with van der Waals surface area (Å²) in [7, 11) is 0. The Morgan fingerprint density at radius 3 is 2.67 bits per heavy atom. The van der Waals surface area contributed by atoms with E-state index in [4.69, 9.17) is 4.74 Å². The molecule has 2 aromatic rings. The Hall–Kier alpha value is -2.65. The van der Waals surface area contributed by atoms with Gasteiger partial charge in [-0.05, 0) is 36.2 Å². The molecule has 30 heavy (non-hydrogen) atoms. The number of morpholine rings is 1. The molecular formula is C21H24F3N3O3. The second kappa shape index (κ2) is 9.90. The van der Waals surface area contributed by atoms with Crippen LogP contribution in [0.5, 0.6) is 0 Å². The van der Waals surface area contributed by atoms with Gasteiger partial charge in [0.1, 0.15) is 6.10 Å². The Morgan fingerprint density at radius 2 is 2.03 bits per heavy atom. The van der Waals surface area contributed by atoms with Gasteiger partial charge in [-0.15, -0.1) is 0 Å². The highest BCUT2D eigenvalue weighted by Gasteiger charge is 2.30. The number of hydrogen-bond acceptors (Lipinski definition) is 4. The van der Waals surface area contributed by atoms with Crippen molar-refractivity contribution in [3.63, 3.8) is 0 Å². The third kappa shape index (κ3) is 5.93. The average molecular weight is 423 g/mol. The van der Waals surface area contributed by atoms with Crippen molar-refractivity contribution in [3.8, 4) is 0 Å². The fourth-order valence-corrected chi connectivity index (χ4v) is 3.29. The van der Waals surface area contributed by atoms with Crippen molar-refractivity contribution >= 4 is 6.03 Å². The number of halogens is 3. The van der Waals surface area contributed by atoms with Crippen molar-refractivity contribution < 1.29 is 27.8 Å². The van der Waals surface area contributed by atoms with Gasteiger partial charge in [-0.1, -0.05) is 18.2 Å². The van der Waals surface area contributed by atoms with Gasteiger partial charge < -0.3 is 20.1 Å². The predicted molar refractivity (Wildman–Crippen MR) is 104 cm³/mol. The molecule has 1 aliphatic rings. The number of nitrogens with zero attached hydrogens (tertiary/aromatic N) is 2. The molecule has 2 atom stereocenters. The molecule has 9 heteroatoms. The van der Waals surface area contributed by atoms with Crippen LogP contribution in [0.2, 0.25) is 0 Å². The molecule has 0 saturated carbocycles. The highest BCUT2D eigenvalue weighted by Crippen LogP contribution is 2.29. The lowest BCUT2D eigenvalue weighted by molar-refractivity contribution is -0.137. The van der Waals surface area contributed by atoms with Gasteiger partial charge in [0, 0.05) is 31.8 Å². The van der Waals surface area contributed by atoms with Gasteiger partial charge in [0.05, 0.1) is 24.4 Å². The van der Waals surface area contributed by atoms with Crippen LogP contribution in [0.4, 0.5) is 18.0 Å². The van der Waals surface area contributed by atoms with Crippen LogP contribution in [0.25, 0.3) is 0 Å². The molecule has 2 heterocycles. The Labute approximate surface area is 172 Å². The fraction of sp³-hybridized carbons (Fsp3) is 0.429. The third-order valence-electron chi connectivity index (χ3n) is 4.98. The number of carbonyl (C=O) groups excluding carboxylic acids is 1. The molecule has 2 amide bonds. The summed E-state index contributed by atoms with van der Waals surface area (Å²) in [5, 5.41) is 12.4. The topological polar surface area (TPSA) is 74.7 Å². The fourth-order valence-electron chi connectivity index (χ4n) is 3.29. The number of pyridine rings is 1. The average Bonchev–Trinajstić information content (AvgIpc) is 2.76. The first-order chi connectivity index (χ1) is 14.4. The second-order valence-electron chi connectivity index (χ2n) is 7.19. The number of aliphatic hydroxyl groups excluding tert-OH is 1. The van der Waals surface area contributed by atoms with Crippen LogP contribution in [-0.2, 0) is 17.3 Å². The van der Waals surface area contributed by atoms with Gasteiger partial charge in [-0.3, -0.25) is 4.98 Å². The maximum absolute atomic E-state index is 12.7. The van der Waals surface area contributed by atoms with E-state index in [9.17, 15) is 23.1 Å². The lowest BCUT2D eigenvalue weighted by Crippen LogP contribution is -2.48. The molecular weight excluding hydrogens is 399 g/mol. The van der Waals surface area contributed by atoms with Crippen LogP contribution in [-0.4, -0.2) is 53.9 Å². The van der Waals surface area contributed by atoms with Crippen molar-refractivity contribution in [1.29, 1.82) is 0 Å². The molecule has 6 nitrogen and oxygen atoms in total. The number of ether oxygens (including phenoxy) is 1. The van der Waals surface area contributed by atoms with Crippen LogP contribution in [0.3, 0.4) is 0 Å². The molecule has 0 spiro atoms. The third-order valence-corrected chi connectivity index (χ3v) is 4.98. The maximum Gasteiger partial charge on any atom is 0.416 e. The number of aliphatic hydroxyl groups is 1. The maximum atomic E-state index is 12.7. The molecule has 2 N–H and O–H groups in total. The SMILES string of the molecule is O=C(NCC(CO)Cc1ccc(C(F)(F)F)cc1)N1CCOC(c2ccccn2)C1. The van der Waals surface area contributed by atoms with Gasteiger partial charge in [0.25, 0.3) is 0 Å². The summed E-state index contributed by atoms with van der Waals surface area (Å²) in [5.74, 6) is -0.307. The van der Waals surface area contributed by atoms with Gasteiger partial charge in [0.2, 0.25) is 0 Å². The smallest absolute Gasteiger partial charge is 0.396 e. The Bertz CT molecular complexity index is 816. The molecule has 0 bridgehead atoms. The van der Waals surface area contributed by atoms with Crippen molar-refractivity contribution in [2.45, 2.75) is 18.7 Å². The van der Waals surface area contributed by atoms with Gasteiger partial charge in [0.15, 0.2) is 0 Å². The monoisotopic (exact) mass is 423 g/mol. The van der Waals surface area contributed by atoms with Crippen LogP contribution >= 0.6 is 0 Å². The van der Waals surface area contributed by atoms with Crippen molar-refractivity contribution in [2.24, 2.45) is 5.92 Å². The van der Waals surface area contributed by atoms with Crippen LogP contribution in [0.15, 0.2) is 48.7 Å². The minimum atomic E-state index is -4.38. The summed E-state index contributed by atoms with van der Waals surface area (Å²) >= 11 is 0. The molecule has 1 saturated heterocycles. The quantitative estimate of drug-likeness (QED) is 0.749. The number of amides is 2. The van der Waals surface area contributed by atoms with Gasteiger partial charge in [-0.2, -0.15) is 13.2 Å². The van der Waals surface area contributed by atoms with E-state index < -0.39 is 11.7 Å². The molecule has 0 aliphatic carbocycles. The summed E-state index contributed by atoms with van der Waals surface area (Å²) < 4.78 is 43.7. The molecule has 0 radical (unpaired) electrons. The first kappa shape index (κ1) is 22.0. The number of nitrogens with one attached hydrogen (secondary N) is 1. The van der Waals surface area contributed by atoms with Gasteiger partial charge >= 0.3 is 12.2 Å². The predicted octanol–water partition coefficient (Wildman–Crippen LogP) is 3.03. The van der Waals surface area contributed by atoms with E-state index in [-0.39, 0.29) is 31.2 Å². The molecule has 3 rings (SSSR count). The van der Waals surface area contributed by atoms with E-state index in [1.165, 1.54) is 12.1 Å². The highest BCUT2D eigenvalue weighted by atomic mass is 19.4. The molecule has 1 aliphatic heterocycles. The van der Waals surface area contributed by atoms with Crippen LogP contribution in [0.1, 0.15) is 22.9 Å². The van der Waals surface area contributed by atoms with Gasteiger partial charge in [-0.25, -0.2) is 4.79 Å². The van der Waals surface area contributed by atoms with E-state index in [1.807, 2.05) is 18.2 Å². The number of alkyl halides is 3. The first-order valence-corrected chi connectivity index (χ1v) is 9.69. The lowest BCUT2D eigenvalue weighted by atomic mass is 9.99. The standard InChI is InChI=1S/C21H24F3N3O3/c22-21(23,24)17-6-4-15(5-7-17)11-16(14-28)12-26-20(29)27-9-10-30-19(13-27)18-3-1-2-8-25-18/h1-8,16,19,28H,9-14H2,(H,26,29). The number of rotatable bonds is 6. The number of hydrogen-bond donors (Lipinski definition) is 2. The number of urea groups is 1. The summed E-state index contributed by atoms with van der Waals surface area (Å²) in [4.78, 5) is 18.4. The van der Waals surface area contributed by atoms with E-state index >= 15 is 0 Å². The van der Waals surface area contributed by atoms with Crippen LogP contribution < -0.4 is 5.32 Å². The van der Waals surface area contributed by atoms with Crippen molar-refractivity contribution in [2.75, 3.05) is 32.8 Å². The molecule has 162 valence electrons. The number of benzene rings is 1. The van der Waals surface area contributed by atoms with Crippen molar-refractivity contribution in [3.05, 3.63) is 65.5 Å². The normalized spacial score (nSPS) is 18.1. The van der Waals surface area contributed by atoms with E-state index in [0.717, 1.165) is 17.8 Å². The summed E-state index contributed by atoms with van der Waals surface area (Å²) in [6.07, 6.45) is -2.65. The molecule has 2 unspecified atom stereocenters.